The molecule has 70 valence electrons. The quantitative estimate of drug-likeness (QED) is 0.698. The molecule has 14 heavy (non-hydrogen) atoms. The van der Waals surface area contributed by atoms with Crippen molar-refractivity contribution in [1.82, 2.24) is 4.98 Å². The summed E-state index contributed by atoms with van der Waals surface area (Å²) < 4.78 is 0. The van der Waals surface area contributed by atoms with Crippen LogP contribution in [0.3, 0.4) is 0 Å². The fourth-order valence-corrected chi connectivity index (χ4v) is 1.54. The van der Waals surface area contributed by atoms with Crippen LogP contribution in [-0.2, 0) is 0 Å². The molecule has 0 aliphatic rings. The molecule has 1 nitrogen and oxygen atoms in total. The Morgan fingerprint density at radius 1 is 1.00 bits per heavy atom. The number of aromatic nitrogens is 1. The number of hydrogen-bond donors (Lipinski definition) is 1. The van der Waals surface area contributed by atoms with E-state index in [4.69, 9.17) is 0 Å². The molecule has 0 aliphatic heterocycles. The Labute approximate surface area is 89.2 Å². The lowest BCUT2D eigenvalue weighted by Gasteiger charge is -2.01. The number of nitrogens with zero attached hydrogens (tertiary/aromatic N) is 1. The molecule has 0 saturated heterocycles. The zero-order chi connectivity index (χ0) is 9.97. The van der Waals surface area contributed by atoms with Gasteiger partial charge >= 0.3 is 0 Å². The van der Waals surface area contributed by atoms with Crippen LogP contribution >= 0.6 is 12.6 Å². The van der Waals surface area contributed by atoms with Gasteiger partial charge in [0.15, 0.2) is 0 Å². The van der Waals surface area contributed by atoms with Crippen molar-refractivity contribution in [2.24, 2.45) is 0 Å². The smallest absolute Gasteiger partial charge is 0.0401 e. The largest absolute Gasteiger partial charge is 0.263 e. The third-order valence-corrected chi connectivity index (χ3v) is 2.35. The van der Waals surface area contributed by atoms with Crippen molar-refractivity contribution in [1.29, 1.82) is 0 Å². The number of hydrogen-bond acceptors (Lipinski definition) is 2. The Balaban J connectivity index is 2.44. The van der Waals surface area contributed by atoms with E-state index >= 15 is 0 Å². The maximum absolute atomic E-state index is 4.26. The zero-order valence-electron chi connectivity index (χ0n) is 7.94. The molecule has 0 spiro atoms. The molecule has 2 aromatic rings. The second kappa shape index (κ2) is 3.84. The maximum Gasteiger partial charge on any atom is 0.0401 e. The van der Waals surface area contributed by atoms with Crippen LogP contribution in [0.2, 0.25) is 0 Å². The second-order valence-corrected chi connectivity index (χ2v) is 3.81. The van der Waals surface area contributed by atoms with Gasteiger partial charge in [-0.05, 0) is 18.6 Å². The van der Waals surface area contributed by atoms with E-state index in [0.717, 1.165) is 10.5 Å². The van der Waals surface area contributed by atoms with E-state index < -0.39 is 0 Å². The third-order valence-electron chi connectivity index (χ3n) is 2.11. The van der Waals surface area contributed by atoms with E-state index in [0.29, 0.717) is 0 Å². The van der Waals surface area contributed by atoms with Crippen LogP contribution in [0.25, 0.3) is 11.1 Å². The fourth-order valence-electron chi connectivity index (χ4n) is 1.33. The molecule has 0 unspecified atom stereocenters. The highest BCUT2D eigenvalue weighted by Crippen LogP contribution is 2.20. The highest BCUT2D eigenvalue weighted by atomic mass is 32.1. The number of aryl methyl sites for hydroxylation is 1. The molecule has 1 aromatic carbocycles. The molecule has 0 atom stereocenters. The van der Waals surface area contributed by atoms with Gasteiger partial charge in [0.25, 0.3) is 0 Å². The second-order valence-electron chi connectivity index (χ2n) is 3.30. The van der Waals surface area contributed by atoms with E-state index in [1.807, 2.05) is 12.3 Å². The van der Waals surface area contributed by atoms with Crippen molar-refractivity contribution in [3.63, 3.8) is 0 Å². The number of rotatable bonds is 1. The highest BCUT2D eigenvalue weighted by molar-refractivity contribution is 7.80. The molecule has 0 bridgehead atoms. The summed E-state index contributed by atoms with van der Waals surface area (Å²) in [5.41, 5.74) is 3.56. The van der Waals surface area contributed by atoms with Crippen molar-refractivity contribution >= 4 is 12.6 Å². The fraction of sp³-hybridized carbons (Fsp3) is 0.0833. The van der Waals surface area contributed by atoms with E-state index in [-0.39, 0.29) is 0 Å². The van der Waals surface area contributed by atoms with Gasteiger partial charge in [-0.2, -0.15) is 0 Å². The van der Waals surface area contributed by atoms with Gasteiger partial charge in [-0.3, -0.25) is 4.98 Å². The summed E-state index contributed by atoms with van der Waals surface area (Å²) in [5.74, 6) is 0. The molecule has 2 heteroatoms. The van der Waals surface area contributed by atoms with E-state index in [1.54, 1.807) is 6.20 Å². The summed E-state index contributed by atoms with van der Waals surface area (Å²) in [6.07, 6.45) is 3.59. The predicted octanol–water partition coefficient (Wildman–Crippen LogP) is 3.35. The Kier molecular flexibility index (Phi) is 2.55. The van der Waals surface area contributed by atoms with Gasteiger partial charge in [0, 0.05) is 22.9 Å². The first-order valence-corrected chi connectivity index (χ1v) is 4.91. The monoisotopic (exact) mass is 201 g/mol. The van der Waals surface area contributed by atoms with Gasteiger partial charge in [-0.15, -0.1) is 12.6 Å². The molecular weight excluding hydrogens is 190 g/mol. The normalized spacial score (nSPS) is 10.1. The van der Waals surface area contributed by atoms with Gasteiger partial charge in [-0.1, -0.05) is 29.8 Å². The topological polar surface area (TPSA) is 12.9 Å². The van der Waals surface area contributed by atoms with Crippen LogP contribution in [0.5, 0.6) is 0 Å². The summed E-state index contributed by atoms with van der Waals surface area (Å²) in [7, 11) is 0. The lowest BCUT2D eigenvalue weighted by atomic mass is 10.1. The van der Waals surface area contributed by atoms with Gasteiger partial charge in [0.2, 0.25) is 0 Å². The maximum atomic E-state index is 4.26. The summed E-state index contributed by atoms with van der Waals surface area (Å²) in [5, 5.41) is 0. The third kappa shape index (κ3) is 1.96. The summed E-state index contributed by atoms with van der Waals surface area (Å²) in [6.45, 7) is 2.08. The minimum absolute atomic E-state index is 0.892. The van der Waals surface area contributed by atoms with Crippen LogP contribution in [-0.4, -0.2) is 4.98 Å². The van der Waals surface area contributed by atoms with Crippen molar-refractivity contribution < 1.29 is 0 Å². The summed E-state index contributed by atoms with van der Waals surface area (Å²) in [4.78, 5) is 5.00. The van der Waals surface area contributed by atoms with Gasteiger partial charge < -0.3 is 0 Å². The highest BCUT2D eigenvalue weighted by Gasteiger charge is 1.97. The molecule has 0 amide bonds. The van der Waals surface area contributed by atoms with Crippen LogP contribution in [0.15, 0.2) is 47.6 Å². The zero-order valence-corrected chi connectivity index (χ0v) is 8.83. The standard InChI is InChI=1S/C12H11NS/c1-9-2-4-10(5-3-9)11-6-12(14)8-13-7-11/h2-8,14H,1H3. The molecule has 0 aliphatic carbocycles. The van der Waals surface area contributed by atoms with Crippen LogP contribution in [0.4, 0.5) is 0 Å². The first-order valence-electron chi connectivity index (χ1n) is 4.47. The van der Waals surface area contributed by atoms with Crippen LogP contribution in [0.1, 0.15) is 5.56 Å². The Morgan fingerprint density at radius 3 is 2.36 bits per heavy atom. The molecule has 0 N–H and O–H groups in total. The number of benzene rings is 1. The first kappa shape index (κ1) is 9.28. The number of pyridine rings is 1. The molecule has 2 rings (SSSR count). The van der Waals surface area contributed by atoms with Crippen LogP contribution < -0.4 is 0 Å². The molecule has 0 fully saturated rings. The Hall–Kier alpha value is -1.28. The van der Waals surface area contributed by atoms with Gasteiger partial charge in [0.05, 0.1) is 0 Å². The van der Waals surface area contributed by atoms with Crippen molar-refractivity contribution in [3.8, 4) is 11.1 Å². The van der Waals surface area contributed by atoms with Crippen molar-refractivity contribution in [3.05, 3.63) is 48.3 Å². The number of thiol groups is 1. The summed E-state index contributed by atoms with van der Waals surface area (Å²) in [6, 6.07) is 10.4. The Morgan fingerprint density at radius 2 is 1.71 bits per heavy atom. The predicted molar refractivity (Wildman–Crippen MR) is 61.7 cm³/mol. The molecule has 0 radical (unpaired) electrons. The molecule has 1 heterocycles. The average Bonchev–Trinajstić information content (AvgIpc) is 2.19. The summed E-state index contributed by atoms with van der Waals surface area (Å²) >= 11 is 4.26. The average molecular weight is 201 g/mol. The van der Waals surface area contributed by atoms with Gasteiger partial charge in [0.1, 0.15) is 0 Å². The lowest BCUT2D eigenvalue weighted by molar-refractivity contribution is 1.24. The van der Waals surface area contributed by atoms with Crippen molar-refractivity contribution in [2.75, 3.05) is 0 Å². The minimum Gasteiger partial charge on any atom is -0.263 e. The van der Waals surface area contributed by atoms with Gasteiger partial charge in [-0.25, -0.2) is 0 Å². The van der Waals surface area contributed by atoms with E-state index in [2.05, 4.69) is 48.8 Å². The molecule has 1 aromatic heterocycles. The minimum atomic E-state index is 0.892. The SMILES string of the molecule is Cc1ccc(-c2cncc(S)c2)cc1. The first-order chi connectivity index (χ1) is 6.75. The van der Waals surface area contributed by atoms with Crippen molar-refractivity contribution in [2.45, 2.75) is 11.8 Å². The molecular formula is C12H11NS. The van der Waals surface area contributed by atoms with E-state index in [9.17, 15) is 0 Å². The molecule has 0 saturated carbocycles. The van der Waals surface area contributed by atoms with E-state index in [1.165, 1.54) is 11.1 Å². The van der Waals surface area contributed by atoms with Crippen LogP contribution in [0, 0.1) is 6.92 Å². The Bertz CT molecular complexity index is 434. The lowest BCUT2D eigenvalue weighted by Crippen LogP contribution is -1.80.